The lowest BCUT2D eigenvalue weighted by molar-refractivity contribution is -0.125. The molecule has 0 aliphatic carbocycles. The Hall–Kier alpha value is -3.45. The number of carbonyl (C=O) groups is 1. The number of oxime groups is 1. The molecule has 0 saturated carbocycles. The van der Waals surface area contributed by atoms with Crippen LogP contribution in [-0.4, -0.2) is 38.1 Å². The van der Waals surface area contributed by atoms with E-state index < -0.39 is 0 Å². The number of nitrogens with zero attached hydrogens (tertiary/aromatic N) is 1. The molecule has 0 bridgehead atoms. The Morgan fingerprint density at radius 2 is 1.75 bits per heavy atom. The van der Waals surface area contributed by atoms with Gasteiger partial charge in [-0.25, -0.2) is 0 Å². The number of nitrogens with one attached hydrogen (secondary N) is 1. The summed E-state index contributed by atoms with van der Waals surface area (Å²) in [6.07, 6.45) is 1.53. The van der Waals surface area contributed by atoms with Crippen LogP contribution < -0.4 is 14.8 Å². The van der Waals surface area contributed by atoms with Crippen molar-refractivity contribution in [2.24, 2.45) is 5.16 Å². The van der Waals surface area contributed by atoms with Crippen molar-refractivity contribution in [2.75, 3.05) is 26.0 Å². The highest BCUT2D eigenvalue weighted by molar-refractivity contribution is 7.99. The smallest absolute Gasteiger partial charge is 0.260 e. The molecule has 3 aromatic rings. The minimum Gasteiger partial charge on any atom is -0.493 e. The average molecular weight is 451 g/mol. The summed E-state index contributed by atoms with van der Waals surface area (Å²) >= 11 is 1.69. The molecular formula is C25H26N2O4S. The van der Waals surface area contributed by atoms with Crippen LogP contribution in [0.25, 0.3) is 0 Å². The third-order valence-electron chi connectivity index (χ3n) is 4.33. The maximum atomic E-state index is 11.8. The van der Waals surface area contributed by atoms with Gasteiger partial charge in [-0.3, -0.25) is 4.79 Å². The standard InChI is InChI=1S/C25H26N2O4S/c1-29-24-16-21(12-13-23(24)30-18-20-8-4-2-5-9-20)17-27-31-19-25(28)26-14-15-32-22-10-6-3-7-11-22/h2-13,16-17H,14-15,18-19H2,1H3,(H,26,28)/b27-17+. The maximum Gasteiger partial charge on any atom is 0.260 e. The number of amides is 1. The number of hydrogen-bond donors (Lipinski definition) is 1. The van der Waals surface area contributed by atoms with Gasteiger partial charge in [-0.15, -0.1) is 11.8 Å². The fourth-order valence-electron chi connectivity index (χ4n) is 2.74. The molecule has 32 heavy (non-hydrogen) atoms. The van der Waals surface area contributed by atoms with Crippen LogP contribution in [0.4, 0.5) is 0 Å². The van der Waals surface area contributed by atoms with Crippen molar-refractivity contribution >= 4 is 23.9 Å². The van der Waals surface area contributed by atoms with E-state index in [1.54, 1.807) is 24.9 Å². The van der Waals surface area contributed by atoms with E-state index in [1.807, 2.05) is 72.8 Å². The molecule has 0 aliphatic rings. The number of ether oxygens (including phenoxy) is 2. The van der Waals surface area contributed by atoms with Crippen molar-refractivity contribution in [1.29, 1.82) is 0 Å². The van der Waals surface area contributed by atoms with Gasteiger partial charge in [-0.2, -0.15) is 0 Å². The van der Waals surface area contributed by atoms with Crippen molar-refractivity contribution in [3.05, 3.63) is 90.0 Å². The van der Waals surface area contributed by atoms with Crippen LogP contribution in [0.3, 0.4) is 0 Å². The highest BCUT2D eigenvalue weighted by atomic mass is 32.2. The van der Waals surface area contributed by atoms with Gasteiger partial charge >= 0.3 is 0 Å². The minimum absolute atomic E-state index is 0.137. The second kappa shape index (κ2) is 13.1. The molecule has 3 aromatic carbocycles. The van der Waals surface area contributed by atoms with Crippen LogP contribution in [0.2, 0.25) is 0 Å². The van der Waals surface area contributed by atoms with Crippen molar-refractivity contribution in [2.45, 2.75) is 11.5 Å². The van der Waals surface area contributed by atoms with E-state index in [0.717, 1.165) is 16.9 Å². The monoisotopic (exact) mass is 450 g/mol. The highest BCUT2D eigenvalue weighted by Gasteiger charge is 2.06. The van der Waals surface area contributed by atoms with Crippen LogP contribution in [-0.2, 0) is 16.2 Å². The fraction of sp³-hybridized carbons (Fsp3) is 0.200. The van der Waals surface area contributed by atoms with Gasteiger partial charge in [0.15, 0.2) is 18.1 Å². The van der Waals surface area contributed by atoms with E-state index in [9.17, 15) is 4.79 Å². The fourth-order valence-corrected chi connectivity index (χ4v) is 3.53. The summed E-state index contributed by atoms with van der Waals surface area (Å²) in [7, 11) is 1.59. The van der Waals surface area contributed by atoms with Crippen molar-refractivity contribution in [3.8, 4) is 11.5 Å². The van der Waals surface area contributed by atoms with Crippen molar-refractivity contribution in [3.63, 3.8) is 0 Å². The Labute approximate surface area is 192 Å². The number of methoxy groups -OCH3 is 1. The first kappa shape index (κ1) is 23.2. The third kappa shape index (κ3) is 8.00. The molecule has 0 aliphatic heterocycles. The molecule has 0 fully saturated rings. The first-order valence-electron chi connectivity index (χ1n) is 10.2. The molecule has 166 valence electrons. The van der Waals surface area contributed by atoms with Gasteiger partial charge in [0.1, 0.15) is 6.61 Å². The summed E-state index contributed by atoms with van der Waals surface area (Å²) in [5, 5.41) is 6.68. The maximum absolute atomic E-state index is 11.8. The summed E-state index contributed by atoms with van der Waals surface area (Å²) in [5.74, 6) is 1.82. The Bertz CT molecular complexity index is 997. The number of carbonyl (C=O) groups excluding carboxylic acids is 1. The Morgan fingerprint density at radius 3 is 2.50 bits per heavy atom. The normalized spacial score (nSPS) is 10.7. The lowest BCUT2D eigenvalue weighted by atomic mass is 10.2. The van der Waals surface area contributed by atoms with Crippen molar-refractivity contribution < 1.29 is 19.1 Å². The van der Waals surface area contributed by atoms with E-state index in [-0.39, 0.29) is 12.5 Å². The molecule has 0 radical (unpaired) electrons. The summed E-state index contributed by atoms with van der Waals surface area (Å²) in [6, 6.07) is 25.4. The van der Waals surface area contributed by atoms with Crippen molar-refractivity contribution in [1.82, 2.24) is 5.32 Å². The summed E-state index contributed by atoms with van der Waals surface area (Å²) in [6.45, 7) is 0.877. The molecule has 7 heteroatoms. The number of hydrogen-bond acceptors (Lipinski definition) is 6. The quantitative estimate of drug-likeness (QED) is 0.190. The zero-order valence-corrected chi connectivity index (χ0v) is 18.7. The first-order chi connectivity index (χ1) is 15.7. The highest BCUT2D eigenvalue weighted by Crippen LogP contribution is 2.28. The van der Waals surface area contributed by atoms with Gasteiger partial charge in [0.2, 0.25) is 0 Å². The molecule has 0 unspecified atom stereocenters. The van der Waals surface area contributed by atoms with E-state index in [1.165, 1.54) is 11.1 Å². The predicted molar refractivity (Wildman–Crippen MR) is 127 cm³/mol. The largest absolute Gasteiger partial charge is 0.493 e. The van der Waals surface area contributed by atoms with Gasteiger partial charge in [0, 0.05) is 22.8 Å². The zero-order chi connectivity index (χ0) is 22.4. The van der Waals surface area contributed by atoms with Crippen LogP contribution in [0.15, 0.2) is 88.9 Å². The Morgan fingerprint density at radius 1 is 1.00 bits per heavy atom. The van der Waals surface area contributed by atoms with Gasteiger partial charge in [-0.1, -0.05) is 53.7 Å². The van der Waals surface area contributed by atoms with E-state index in [0.29, 0.717) is 24.7 Å². The van der Waals surface area contributed by atoms with Crippen LogP contribution in [0.1, 0.15) is 11.1 Å². The molecule has 0 heterocycles. The lowest BCUT2D eigenvalue weighted by Gasteiger charge is -2.11. The minimum atomic E-state index is -0.210. The first-order valence-corrected chi connectivity index (χ1v) is 11.2. The lowest BCUT2D eigenvalue weighted by Crippen LogP contribution is -2.28. The number of rotatable bonds is 12. The Kier molecular flexibility index (Phi) is 9.48. The molecule has 0 atom stereocenters. The van der Waals surface area contributed by atoms with Crippen LogP contribution in [0, 0.1) is 0 Å². The zero-order valence-electron chi connectivity index (χ0n) is 17.9. The molecule has 1 amide bonds. The second-order valence-electron chi connectivity index (χ2n) is 6.70. The predicted octanol–water partition coefficient (Wildman–Crippen LogP) is 4.53. The van der Waals surface area contributed by atoms with Gasteiger partial charge in [0.05, 0.1) is 13.3 Å². The summed E-state index contributed by atoms with van der Waals surface area (Å²) < 4.78 is 11.3. The molecule has 0 saturated heterocycles. The SMILES string of the molecule is COc1cc(/C=N/OCC(=O)NCCSc2ccccc2)ccc1OCc1ccccc1. The van der Waals surface area contributed by atoms with E-state index in [2.05, 4.69) is 10.5 Å². The third-order valence-corrected chi connectivity index (χ3v) is 5.35. The van der Waals surface area contributed by atoms with E-state index in [4.69, 9.17) is 14.3 Å². The van der Waals surface area contributed by atoms with Crippen LogP contribution in [0.5, 0.6) is 11.5 Å². The van der Waals surface area contributed by atoms with Crippen LogP contribution >= 0.6 is 11.8 Å². The van der Waals surface area contributed by atoms with Gasteiger partial charge in [-0.05, 0) is 35.9 Å². The van der Waals surface area contributed by atoms with E-state index >= 15 is 0 Å². The summed E-state index contributed by atoms with van der Waals surface area (Å²) in [5.41, 5.74) is 1.85. The molecule has 0 aromatic heterocycles. The molecule has 1 N–H and O–H groups in total. The molecule has 6 nitrogen and oxygen atoms in total. The van der Waals surface area contributed by atoms with Gasteiger partial charge in [0.25, 0.3) is 5.91 Å². The molecule has 0 spiro atoms. The topological polar surface area (TPSA) is 69.2 Å². The molecular weight excluding hydrogens is 424 g/mol. The number of thioether (sulfide) groups is 1. The second-order valence-corrected chi connectivity index (χ2v) is 7.87. The Balaban J connectivity index is 1.38. The van der Waals surface area contributed by atoms with Gasteiger partial charge < -0.3 is 19.6 Å². The molecule has 3 rings (SSSR count). The number of benzene rings is 3. The average Bonchev–Trinajstić information content (AvgIpc) is 2.85. The summed E-state index contributed by atoms with van der Waals surface area (Å²) in [4.78, 5) is 18.1.